The molecule has 2 saturated heterocycles. The Bertz CT molecular complexity index is 1880. The highest BCUT2D eigenvalue weighted by atomic mass is 31.2. The Morgan fingerprint density at radius 1 is 0.867 bits per heavy atom. The second-order valence-electron chi connectivity index (χ2n) is 10.6. The zero-order valence-electron chi connectivity index (χ0n) is 22.8. The number of aliphatic hydroxyl groups excluding tert-OH is 1. The SMILES string of the molecule is Nc1nc(N)c2ncn([C@@H]3O[C@@H]4COP(=O)(O)OC5[C@@H](COP(=O)(O)O[C@@H]4[C@@H]3F)C[C@@H](n3cnc4c(N)ncnc43)[C@H]5O)c2n1. The highest BCUT2D eigenvalue weighted by Gasteiger charge is 2.54. The van der Waals surface area contributed by atoms with Crippen molar-refractivity contribution in [1.82, 2.24) is 39.0 Å². The maximum atomic E-state index is 15.9. The average molecular weight is 673 g/mol. The minimum atomic E-state index is -5.03. The molecule has 21 nitrogen and oxygen atoms in total. The molecular formula is C21H26FN11O10P2. The third kappa shape index (κ3) is 5.31. The molecule has 4 aromatic rings. The van der Waals surface area contributed by atoms with Crippen LogP contribution in [0.1, 0.15) is 18.7 Å². The maximum absolute atomic E-state index is 15.9. The van der Waals surface area contributed by atoms with Crippen LogP contribution in [-0.2, 0) is 32.0 Å². The summed E-state index contributed by atoms with van der Waals surface area (Å²) in [5, 5.41) is 11.2. The Hall–Kier alpha value is -3.43. The van der Waals surface area contributed by atoms with Gasteiger partial charge >= 0.3 is 15.6 Å². The lowest BCUT2D eigenvalue weighted by molar-refractivity contribution is -0.0592. The van der Waals surface area contributed by atoms with Crippen molar-refractivity contribution in [2.24, 2.45) is 5.92 Å². The fourth-order valence-electron chi connectivity index (χ4n) is 5.83. The minimum absolute atomic E-state index is 0.00794. The molecule has 0 bridgehead atoms. The molecule has 6 heterocycles. The summed E-state index contributed by atoms with van der Waals surface area (Å²) in [5.41, 5.74) is 18.0. The third-order valence-electron chi connectivity index (χ3n) is 7.85. The number of nitrogen functional groups attached to an aromatic ring is 3. The standard InChI is InChI=1S/C21H26FN11O10P2/c22-10-15-9(41-20(10)33-6-29-12-17(24)30-21(25)31-19(12)33)3-40-45(37,38)42-14-7(2-39-44(35,36)43-15)1-8(13(14)34)32-5-28-11-16(23)26-4-27-18(11)32/h4-10,13-15,20,34H,1-3H2,(H,35,36)(H,37,38)(H2,23,26,27)(H4,24,25,30,31)/t7-,8-,9-,10+,13-,14?,15+,20-/m1/s1. The average Bonchev–Trinajstić information content (AvgIpc) is 3.72. The second kappa shape index (κ2) is 10.8. The van der Waals surface area contributed by atoms with Crippen LogP contribution in [0.2, 0.25) is 0 Å². The lowest BCUT2D eigenvalue weighted by atomic mass is 10.1. The Morgan fingerprint density at radius 3 is 2.29 bits per heavy atom. The first kappa shape index (κ1) is 30.2. The summed E-state index contributed by atoms with van der Waals surface area (Å²) in [6, 6.07) is -0.859. The van der Waals surface area contributed by atoms with Crippen LogP contribution in [0.5, 0.6) is 0 Å². The number of aliphatic hydroxyl groups is 1. The molecule has 45 heavy (non-hydrogen) atoms. The van der Waals surface area contributed by atoms with Gasteiger partial charge in [-0.25, -0.2) is 33.5 Å². The smallest absolute Gasteiger partial charge is 0.388 e. The molecule has 3 unspecified atom stereocenters. The van der Waals surface area contributed by atoms with Gasteiger partial charge in [-0.3, -0.25) is 22.7 Å². The fourth-order valence-corrected chi connectivity index (χ4v) is 7.83. The molecule has 1 saturated carbocycles. The molecule has 0 amide bonds. The minimum Gasteiger partial charge on any atom is -0.388 e. The summed E-state index contributed by atoms with van der Waals surface area (Å²) in [6.07, 6.45) is -6.42. The zero-order chi connectivity index (χ0) is 31.8. The summed E-state index contributed by atoms with van der Waals surface area (Å²) in [7, 11) is -10.0. The number of nitrogens with two attached hydrogens (primary N) is 3. The van der Waals surface area contributed by atoms with Gasteiger partial charge in [0.15, 0.2) is 35.3 Å². The van der Waals surface area contributed by atoms with Gasteiger partial charge in [0.2, 0.25) is 5.95 Å². The van der Waals surface area contributed by atoms with Gasteiger partial charge in [0.25, 0.3) is 0 Å². The number of alkyl halides is 1. The number of phosphoric acid groups is 2. The van der Waals surface area contributed by atoms with Crippen molar-refractivity contribution >= 4 is 55.6 Å². The monoisotopic (exact) mass is 673 g/mol. The summed E-state index contributed by atoms with van der Waals surface area (Å²) in [5.74, 6) is -1.20. The molecule has 2 aliphatic heterocycles. The number of nitrogens with zero attached hydrogens (tertiary/aromatic N) is 8. The van der Waals surface area contributed by atoms with Gasteiger partial charge < -0.3 is 41.4 Å². The van der Waals surface area contributed by atoms with Gasteiger partial charge in [-0.15, -0.1) is 0 Å². The molecule has 10 atom stereocenters. The molecule has 24 heteroatoms. The predicted molar refractivity (Wildman–Crippen MR) is 147 cm³/mol. The molecule has 0 spiro atoms. The van der Waals surface area contributed by atoms with Crippen molar-refractivity contribution in [1.29, 1.82) is 0 Å². The van der Waals surface area contributed by atoms with Crippen LogP contribution >= 0.6 is 15.6 Å². The second-order valence-corrected chi connectivity index (χ2v) is 13.4. The van der Waals surface area contributed by atoms with Crippen LogP contribution in [0.25, 0.3) is 22.3 Å². The maximum Gasteiger partial charge on any atom is 0.472 e. The lowest BCUT2D eigenvalue weighted by Gasteiger charge is -2.28. The van der Waals surface area contributed by atoms with E-state index in [0.717, 1.165) is 10.9 Å². The number of fused-ring (bicyclic) bond motifs is 4. The molecule has 0 aromatic carbocycles. The van der Waals surface area contributed by atoms with E-state index < -0.39 is 77.6 Å². The van der Waals surface area contributed by atoms with Crippen LogP contribution in [-0.4, -0.2) is 97.7 Å². The molecule has 3 fully saturated rings. The number of imidazole rings is 2. The number of phosphoric ester groups is 2. The topological polar surface area (TPSA) is 306 Å². The van der Waals surface area contributed by atoms with Crippen LogP contribution in [0.3, 0.4) is 0 Å². The first-order valence-electron chi connectivity index (χ1n) is 13.3. The summed E-state index contributed by atoms with van der Waals surface area (Å²) in [4.78, 5) is 45.3. The van der Waals surface area contributed by atoms with Crippen molar-refractivity contribution in [3.63, 3.8) is 0 Å². The van der Waals surface area contributed by atoms with E-state index >= 15 is 4.39 Å². The van der Waals surface area contributed by atoms with Gasteiger partial charge in [-0.2, -0.15) is 9.97 Å². The quantitative estimate of drug-likeness (QED) is 0.147. The highest BCUT2D eigenvalue weighted by Crippen LogP contribution is 2.55. The normalized spacial score (nSPS) is 37.7. The number of hydrogen-bond acceptors (Lipinski definition) is 17. The lowest BCUT2D eigenvalue weighted by Crippen LogP contribution is -2.36. The van der Waals surface area contributed by atoms with E-state index in [4.69, 9.17) is 40.0 Å². The fraction of sp³-hybridized carbons (Fsp3) is 0.524. The first-order valence-corrected chi connectivity index (χ1v) is 16.3. The summed E-state index contributed by atoms with van der Waals surface area (Å²) in [6.45, 7) is -1.46. The van der Waals surface area contributed by atoms with E-state index in [0.29, 0.717) is 0 Å². The van der Waals surface area contributed by atoms with Gasteiger partial charge in [-0.1, -0.05) is 0 Å². The van der Waals surface area contributed by atoms with Gasteiger partial charge in [0.1, 0.15) is 41.8 Å². The number of ether oxygens (including phenoxy) is 1. The van der Waals surface area contributed by atoms with Crippen LogP contribution in [0.4, 0.5) is 22.0 Å². The Morgan fingerprint density at radius 2 is 1.53 bits per heavy atom. The van der Waals surface area contributed by atoms with E-state index in [-0.39, 0.29) is 46.3 Å². The summed E-state index contributed by atoms with van der Waals surface area (Å²) < 4.78 is 71.4. The van der Waals surface area contributed by atoms with Crippen molar-refractivity contribution in [2.75, 3.05) is 30.4 Å². The third-order valence-corrected chi connectivity index (χ3v) is 9.82. The van der Waals surface area contributed by atoms with Gasteiger partial charge in [-0.05, 0) is 6.42 Å². The summed E-state index contributed by atoms with van der Waals surface area (Å²) >= 11 is 0. The van der Waals surface area contributed by atoms with E-state index in [2.05, 4.69) is 29.9 Å². The van der Waals surface area contributed by atoms with Crippen molar-refractivity contribution in [2.45, 2.75) is 49.3 Å². The van der Waals surface area contributed by atoms with Crippen LogP contribution < -0.4 is 17.2 Å². The van der Waals surface area contributed by atoms with Crippen molar-refractivity contribution < 1.29 is 51.2 Å². The van der Waals surface area contributed by atoms with Gasteiger partial charge in [0, 0.05) is 5.92 Å². The highest BCUT2D eigenvalue weighted by molar-refractivity contribution is 7.47. The van der Waals surface area contributed by atoms with Crippen molar-refractivity contribution in [3.05, 3.63) is 19.0 Å². The molecule has 1 aliphatic carbocycles. The number of aromatic nitrogens is 8. The molecule has 4 aromatic heterocycles. The Balaban J connectivity index is 1.17. The van der Waals surface area contributed by atoms with E-state index in [1.807, 2.05) is 0 Å². The first-order chi connectivity index (χ1) is 21.3. The Kier molecular flexibility index (Phi) is 7.28. The van der Waals surface area contributed by atoms with Gasteiger partial charge in [0.05, 0.1) is 31.9 Å². The number of hydrogen-bond donors (Lipinski definition) is 6. The van der Waals surface area contributed by atoms with Crippen LogP contribution in [0.15, 0.2) is 19.0 Å². The van der Waals surface area contributed by atoms with Crippen LogP contribution in [0, 0.1) is 5.92 Å². The Labute approximate surface area is 250 Å². The molecular weight excluding hydrogens is 647 g/mol. The molecule has 3 aliphatic rings. The molecule has 9 N–H and O–H groups in total. The molecule has 0 radical (unpaired) electrons. The van der Waals surface area contributed by atoms with E-state index in [1.54, 1.807) is 0 Å². The molecule has 242 valence electrons. The predicted octanol–water partition coefficient (Wildman–Crippen LogP) is -0.412. The largest absolute Gasteiger partial charge is 0.472 e. The number of halogens is 1. The van der Waals surface area contributed by atoms with E-state index in [9.17, 15) is 24.0 Å². The zero-order valence-corrected chi connectivity index (χ0v) is 24.5. The van der Waals surface area contributed by atoms with Crippen molar-refractivity contribution in [3.8, 4) is 0 Å². The molecule has 7 rings (SSSR count). The number of rotatable bonds is 2. The number of anilines is 3. The van der Waals surface area contributed by atoms with E-state index in [1.165, 1.54) is 17.2 Å².